The lowest BCUT2D eigenvalue weighted by Gasteiger charge is -2.32. The van der Waals surface area contributed by atoms with Crippen molar-refractivity contribution < 1.29 is 9.59 Å². The quantitative estimate of drug-likeness (QED) is 0.720. The fraction of sp³-hybridized carbons (Fsp3) is 0.375. The highest BCUT2D eigenvalue weighted by atomic mass is 35.5. The molecule has 30 heavy (non-hydrogen) atoms. The Balaban J connectivity index is 1.21. The van der Waals surface area contributed by atoms with Gasteiger partial charge in [0.1, 0.15) is 0 Å². The molecule has 0 unspecified atom stereocenters. The van der Waals surface area contributed by atoms with Crippen molar-refractivity contribution in [2.45, 2.75) is 25.7 Å². The Kier molecular flexibility index (Phi) is 6.18. The number of aromatic nitrogens is 1. The van der Waals surface area contributed by atoms with Crippen LogP contribution in [0.15, 0.2) is 54.7 Å². The highest BCUT2D eigenvalue weighted by molar-refractivity contribution is 6.30. The molecule has 0 radical (unpaired) electrons. The SMILES string of the molecule is O=C(NCCc1ccccn1)[C@H]1CC12CCN(C(=O)/C=C/c1ccc(Cl)cc1)CC2. The van der Waals surface area contributed by atoms with Crippen LogP contribution in [0, 0.1) is 11.3 Å². The number of carbonyl (C=O) groups is 2. The van der Waals surface area contributed by atoms with Crippen molar-refractivity contribution in [1.29, 1.82) is 0 Å². The molecule has 2 aromatic rings. The maximum Gasteiger partial charge on any atom is 0.246 e. The van der Waals surface area contributed by atoms with Crippen molar-refractivity contribution >= 4 is 29.5 Å². The van der Waals surface area contributed by atoms with E-state index in [9.17, 15) is 9.59 Å². The Labute approximate surface area is 182 Å². The zero-order chi connectivity index (χ0) is 21.0. The summed E-state index contributed by atoms with van der Waals surface area (Å²) in [6, 6.07) is 13.2. The van der Waals surface area contributed by atoms with Crippen LogP contribution < -0.4 is 5.32 Å². The summed E-state index contributed by atoms with van der Waals surface area (Å²) < 4.78 is 0. The largest absolute Gasteiger partial charge is 0.355 e. The molecule has 2 aliphatic rings. The number of hydrogen-bond acceptors (Lipinski definition) is 3. The molecule has 1 N–H and O–H groups in total. The van der Waals surface area contributed by atoms with Crippen LogP contribution >= 0.6 is 11.6 Å². The lowest BCUT2D eigenvalue weighted by atomic mass is 9.90. The van der Waals surface area contributed by atoms with Gasteiger partial charge < -0.3 is 10.2 Å². The lowest BCUT2D eigenvalue weighted by molar-refractivity contribution is -0.127. The number of likely N-dealkylation sites (tertiary alicyclic amines) is 1. The van der Waals surface area contributed by atoms with Gasteiger partial charge in [-0.3, -0.25) is 14.6 Å². The Morgan fingerprint density at radius 3 is 2.63 bits per heavy atom. The van der Waals surface area contributed by atoms with Crippen molar-refractivity contribution in [3.05, 3.63) is 71.0 Å². The number of benzene rings is 1. The zero-order valence-corrected chi connectivity index (χ0v) is 17.6. The first-order chi connectivity index (χ1) is 14.6. The van der Waals surface area contributed by atoms with Gasteiger partial charge in [0.2, 0.25) is 11.8 Å². The molecule has 4 rings (SSSR count). The van der Waals surface area contributed by atoms with Gasteiger partial charge in [-0.1, -0.05) is 29.8 Å². The molecule has 5 nitrogen and oxygen atoms in total. The van der Waals surface area contributed by atoms with E-state index in [4.69, 9.17) is 11.6 Å². The second-order valence-corrected chi connectivity index (χ2v) is 8.63. The van der Waals surface area contributed by atoms with Gasteiger partial charge in [0.05, 0.1) is 0 Å². The first kappa shape index (κ1) is 20.6. The number of halogens is 1. The minimum Gasteiger partial charge on any atom is -0.355 e. The van der Waals surface area contributed by atoms with E-state index in [0.29, 0.717) is 24.7 Å². The lowest BCUT2D eigenvalue weighted by Crippen LogP contribution is -2.40. The molecule has 1 aromatic carbocycles. The highest BCUT2D eigenvalue weighted by Gasteiger charge is 2.58. The molecule has 0 bridgehead atoms. The molecule has 2 heterocycles. The van der Waals surface area contributed by atoms with Crippen LogP contribution in [0.25, 0.3) is 6.08 Å². The number of amides is 2. The van der Waals surface area contributed by atoms with Crippen LogP contribution in [0.4, 0.5) is 0 Å². The third kappa shape index (κ3) is 4.90. The number of nitrogens with zero attached hydrogens (tertiary/aromatic N) is 2. The maximum atomic E-state index is 12.5. The topological polar surface area (TPSA) is 62.3 Å². The first-order valence-electron chi connectivity index (χ1n) is 10.5. The molecule has 6 heteroatoms. The van der Waals surface area contributed by atoms with Gasteiger partial charge in [-0.2, -0.15) is 0 Å². The van der Waals surface area contributed by atoms with E-state index in [2.05, 4.69) is 10.3 Å². The Hall–Kier alpha value is -2.66. The molecule has 156 valence electrons. The van der Waals surface area contributed by atoms with Gasteiger partial charge >= 0.3 is 0 Å². The predicted octanol–water partition coefficient (Wildman–Crippen LogP) is 3.74. The summed E-state index contributed by atoms with van der Waals surface area (Å²) in [4.78, 5) is 31.2. The molecule has 1 saturated heterocycles. The number of piperidine rings is 1. The van der Waals surface area contributed by atoms with Crippen LogP contribution in [-0.4, -0.2) is 41.3 Å². The third-order valence-corrected chi connectivity index (χ3v) is 6.52. The summed E-state index contributed by atoms with van der Waals surface area (Å²) in [7, 11) is 0. The monoisotopic (exact) mass is 423 g/mol. The van der Waals surface area contributed by atoms with E-state index >= 15 is 0 Å². The first-order valence-corrected chi connectivity index (χ1v) is 10.8. The van der Waals surface area contributed by atoms with Crippen LogP contribution in [0.5, 0.6) is 0 Å². The Morgan fingerprint density at radius 2 is 1.93 bits per heavy atom. The summed E-state index contributed by atoms with van der Waals surface area (Å²) in [5.41, 5.74) is 2.03. The number of nitrogens with one attached hydrogen (secondary N) is 1. The molecule has 1 aromatic heterocycles. The normalized spacial score (nSPS) is 19.8. The smallest absolute Gasteiger partial charge is 0.246 e. The van der Waals surface area contributed by atoms with E-state index in [1.54, 1.807) is 12.3 Å². The van der Waals surface area contributed by atoms with Gasteiger partial charge in [0.25, 0.3) is 0 Å². The van der Waals surface area contributed by atoms with Crippen molar-refractivity contribution in [3.8, 4) is 0 Å². The van der Waals surface area contributed by atoms with Gasteiger partial charge in [-0.25, -0.2) is 0 Å². The Bertz CT molecular complexity index is 919. The zero-order valence-electron chi connectivity index (χ0n) is 16.9. The molecule has 1 aliphatic heterocycles. The van der Waals surface area contributed by atoms with Crippen LogP contribution in [-0.2, 0) is 16.0 Å². The molecule has 1 saturated carbocycles. The van der Waals surface area contributed by atoms with Crippen molar-refractivity contribution in [1.82, 2.24) is 15.2 Å². The minimum absolute atomic E-state index is 0.0248. The minimum atomic E-state index is 0.0248. The van der Waals surface area contributed by atoms with Gasteiger partial charge in [0, 0.05) is 55.0 Å². The number of pyridine rings is 1. The summed E-state index contributed by atoms with van der Waals surface area (Å²) in [6.45, 7) is 2.03. The van der Waals surface area contributed by atoms with Crippen molar-refractivity contribution in [3.63, 3.8) is 0 Å². The van der Waals surface area contributed by atoms with E-state index in [1.165, 1.54) is 0 Å². The molecular weight excluding hydrogens is 398 g/mol. The molecule has 1 spiro atoms. The second kappa shape index (κ2) is 9.00. The maximum absolute atomic E-state index is 12.5. The molecule has 1 aliphatic carbocycles. The van der Waals surface area contributed by atoms with E-state index < -0.39 is 0 Å². The average molecular weight is 424 g/mol. The second-order valence-electron chi connectivity index (χ2n) is 8.19. The van der Waals surface area contributed by atoms with Crippen LogP contribution in [0.3, 0.4) is 0 Å². The third-order valence-electron chi connectivity index (χ3n) is 6.27. The highest BCUT2D eigenvalue weighted by Crippen LogP contribution is 2.59. The number of hydrogen-bond donors (Lipinski definition) is 1. The van der Waals surface area contributed by atoms with Crippen LogP contribution in [0.2, 0.25) is 5.02 Å². The van der Waals surface area contributed by atoms with E-state index in [0.717, 1.165) is 36.9 Å². The van der Waals surface area contributed by atoms with Gasteiger partial charge in [-0.15, -0.1) is 0 Å². The molecule has 2 fully saturated rings. The summed E-state index contributed by atoms with van der Waals surface area (Å²) in [5, 5.41) is 3.74. The molecule has 1 atom stereocenters. The summed E-state index contributed by atoms with van der Waals surface area (Å²) >= 11 is 5.89. The Morgan fingerprint density at radius 1 is 1.17 bits per heavy atom. The predicted molar refractivity (Wildman–Crippen MR) is 118 cm³/mol. The number of carbonyl (C=O) groups excluding carboxylic acids is 2. The molecular formula is C24H26ClN3O2. The molecule has 2 amide bonds. The fourth-order valence-corrected chi connectivity index (χ4v) is 4.40. The van der Waals surface area contributed by atoms with Gasteiger partial charge in [-0.05, 0) is 60.6 Å². The fourth-order valence-electron chi connectivity index (χ4n) is 4.27. The summed E-state index contributed by atoms with van der Waals surface area (Å²) in [6.07, 6.45) is 8.68. The van der Waals surface area contributed by atoms with Gasteiger partial charge in [0.15, 0.2) is 0 Å². The standard InChI is InChI=1S/C24H26ClN3O2/c25-19-7-4-18(5-8-19)6-9-22(29)28-15-11-24(12-16-28)17-21(24)23(30)27-14-10-20-3-1-2-13-26-20/h1-9,13,21H,10-12,14-17H2,(H,27,30)/b9-6+/t21-/m1/s1. The van der Waals surface area contributed by atoms with Crippen molar-refractivity contribution in [2.75, 3.05) is 19.6 Å². The van der Waals surface area contributed by atoms with Crippen molar-refractivity contribution in [2.24, 2.45) is 11.3 Å². The average Bonchev–Trinajstić information content (AvgIpc) is 3.47. The number of rotatable bonds is 6. The van der Waals surface area contributed by atoms with E-state index in [1.807, 2.05) is 53.4 Å². The van der Waals surface area contributed by atoms with E-state index in [-0.39, 0.29) is 23.1 Å². The summed E-state index contributed by atoms with van der Waals surface area (Å²) in [5.74, 6) is 0.258. The van der Waals surface area contributed by atoms with Crippen LogP contribution in [0.1, 0.15) is 30.5 Å².